The molecule has 3 aromatic rings. The average Bonchev–Trinajstić information content (AvgIpc) is 3.05. The van der Waals surface area contributed by atoms with Gasteiger partial charge in [-0.25, -0.2) is 4.98 Å². The Morgan fingerprint density at radius 3 is 2.90 bits per heavy atom. The zero-order chi connectivity index (χ0) is 14.2. The largest absolute Gasteiger partial charge is 0.342 e. The minimum atomic E-state index is 0.213. The summed E-state index contributed by atoms with van der Waals surface area (Å²) < 4.78 is 0. The van der Waals surface area contributed by atoms with Crippen molar-refractivity contribution in [1.82, 2.24) is 14.9 Å². The predicted octanol–water partition coefficient (Wildman–Crippen LogP) is 2.79. The van der Waals surface area contributed by atoms with Crippen molar-refractivity contribution in [3.8, 4) is 0 Å². The monoisotopic (exact) mass is 297 g/mol. The van der Waals surface area contributed by atoms with Crippen molar-refractivity contribution in [2.75, 3.05) is 13.1 Å². The van der Waals surface area contributed by atoms with Crippen molar-refractivity contribution >= 4 is 28.3 Å². The molecule has 4 nitrogen and oxygen atoms in total. The van der Waals surface area contributed by atoms with Crippen LogP contribution in [0.5, 0.6) is 0 Å². The molecule has 21 heavy (non-hydrogen) atoms. The van der Waals surface area contributed by atoms with Gasteiger partial charge in [-0.3, -0.25) is 4.79 Å². The summed E-state index contributed by atoms with van der Waals surface area (Å²) >= 11 is 1.64. The Morgan fingerprint density at radius 2 is 2.14 bits per heavy atom. The van der Waals surface area contributed by atoms with Gasteiger partial charge in [0.05, 0.1) is 23.4 Å². The Bertz CT molecular complexity index is 739. The number of likely N-dealkylation sites (tertiary alicyclic amines) is 1. The lowest BCUT2D eigenvalue weighted by molar-refractivity contribution is -0.134. The highest BCUT2D eigenvalue weighted by Gasteiger charge is 2.33. The third-order valence-electron chi connectivity index (χ3n) is 3.93. The van der Waals surface area contributed by atoms with Gasteiger partial charge in [-0.15, -0.1) is 11.3 Å². The number of nitrogens with zero attached hydrogens (tertiary/aromatic N) is 2. The molecule has 1 saturated heterocycles. The van der Waals surface area contributed by atoms with Gasteiger partial charge in [-0.05, 0) is 23.6 Å². The van der Waals surface area contributed by atoms with Gasteiger partial charge in [0.2, 0.25) is 5.91 Å². The number of hydrogen-bond donors (Lipinski definition) is 1. The highest BCUT2D eigenvalue weighted by Crippen LogP contribution is 2.27. The minimum absolute atomic E-state index is 0.213. The van der Waals surface area contributed by atoms with Crippen LogP contribution >= 0.6 is 11.3 Å². The molecular weight excluding hydrogens is 282 g/mol. The maximum Gasteiger partial charge on any atom is 0.227 e. The number of aromatic nitrogens is 2. The molecule has 0 bridgehead atoms. The second-order valence-electron chi connectivity index (χ2n) is 5.39. The van der Waals surface area contributed by atoms with Crippen LogP contribution in [0.2, 0.25) is 0 Å². The predicted molar refractivity (Wildman–Crippen MR) is 83.4 cm³/mol. The molecule has 1 aliphatic rings. The van der Waals surface area contributed by atoms with Crippen LogP contribution in [-0.4, -0.2) is 33.9 Å². The smallest absolute Gasteiger partial charge is 0.227 e. The number of nitrogens with one attached hydrogen (secondary N) is 1. The number of imidazole rings is 1. The first-order chi connectivity index (χ1) is 10.3. The van der Waals surface area contributed by atoms with Crippen LogP contribution in [0, 0.1) is 0 Å². The summed E-state index contributed by atoms with van der Waals surface area (Å²) in [6, 6.07) is 12.0. The number of benzene rings is 1. The van der Waals surface area contributed by atoms with E-state index < -0.39 is 0 Å². The number of carbonyl (C=O) groups is 1. The Hall–Kier alpha value is -2.14. The second kappa shape index (κ2) is 5.00. The van der Waals surface area contributed by atoms with E-state index in [0.29, 0.717) is 12.3 Å². The van der Waals surface area contributed by atoms with Crippen LogP contribution in [-0.2, 0) is 11.2 Å². The Kier molecular flexibility index (Phi) is 3.00. The maximum atomic E-state index is 12.1. The zero-order valence-electron chi connectivity index (χ0n) is 11.5. The van der Waals surface area contributed by atoms with Crippen molar-refractivity contribution < 1.29 is 4.79 Å². The van der Waals surface area contributed by atoms with E-state index >= 15 is 0 Å². The van der Waals surface area contributed by atoms with Gasteiger partial charge in [-0.2, -0.15) is 0 Å². The molecule has 0 radical (unpaired) electrons. The second-order valence-corrected chi connectivity index (χ2v) is 6.42. The van der Waals surface area contributed by atoms with Crippen LogP contribution < -0.4 is 0 Å². The summed E-state index contributed by atoms with van der Waals surface area (Å²) in [5.41, 5.74) is 2.06. The third kappa shape index (κ3) is 2.34. The molecule has 4 rings (SSSR count). The molecule has 3 heterocycles. The Morgan fingerprint density at radius 1 is 1.29 bits per heavy atom. The zero-order valence-corrected chi connectivity index (χ0v) is 12.3. The van der Waals surface area contributed by atoms with Gasteiger partial charge in [0.1, 0.15) is 5.82 Å². The molecule has 1 fully saturated rings. The molecule has 1 amide bonds. The van der Waals surface area contributed by atoms with Crippen molar-refractivity contribution in [3.63, 3.8) is 0 Å². The molecule has 0 saturated carbocycles. The topological polar surface area (TPSA) is 49.0 Å². The molecule has 1 aliphatic heterocycles. The Labute approximate surface area is 126 Å². The van der Waals surface area contributed by atoms with E-state index in [2.05, 4.69) is 9.97 Å². The van der Waals surface area contributed by atoms with Gasteiger partial charge in [0, 0.05) is 18.0 Å². The first kappa shape index (κ1) is 12.6. The molecule has 0 aliphatic carbocycles. The van der Waals surface area contributed by atoms with Gasteiger partial charge in [0.15, 0.2) is 0 Å². The van der Waals surface area contributed by atoms with Crippen molar-refractivity contribution in [1.29, 1.82) is 0 Å². The van der Waals surface area contributed by atoms with Gasteiger partial charge in [0.25, 0.3) is 0 Å². The van der Waals surface area contributed by atoms with E-state index in [-0.39, 0.29) is 5.91 Å². The van der Waals surface area contributed by atoms with Crippen LogP contribution in [0.15, 0.2) is 41.8 Å². The number of thiophene rings is 1. The number of fused-ring (bicyclic) bond motifs is 1. The third-order valence-corrected chi connectivity index (χ3v) is 4.81. The minimum Gasteiger partial charge on any atom is -0.342 e. The molecule has 1 aromatic carbocycles. The maximum absolute atomic E-state index is 12.1. The van der Waals surface area contributed by atoms with Crippen LogP contribution in [0.3, 0.4) is 0 Å². The number of H-pyrrole nitrogens is 1. The first-order valence-corrected chi connectivity index (χ1v) is 7.92. The fraction of sp³-hybridized carbons (Fsp3) is 0.250. The summed E-state index contributed by atoms with van der Waals surface area (Å²) in [6.45, 7) is 1.54. The molecular formula is C16H15N3OS. The fourth-order valence-corrected chi connectivity index (χ4v) is 3.39. The standard InChI is InChI=1S/C16H15N3OS/c20-15(8-12-4-3-7-21-12)19-9-11(10-19)16-17-13-5-1-2-6-14(13)18-16/h1-7,11H,8-10H2,(H,17,18). The summed E-state index contributed by atoms with van der Waals surface area (Å²) in [6.07, 6.45) is 0.518. The van der Waals surface area contributed by atoms with E-state index in [1.807, 2.05) is 46.7 Å². The van der Waals surface area contributed by atoms with Gasteiger partial charge in [-0.1, -0.05) is 18.2 Å². The van der Waals surface area contributed by atoms with Crippen LogP contribution in [0.4, 0.5) is 0 Å². The summed E-state index contributed by atoms with van der Waals surface area (Å²) in [4.78, 5) is 23.2. The lowest BCUT2D eigenvalue weighted by Crippen LogP contribution is -2.49. The summed E-state index contributed by atoms with van der Waals surface area (Å²) in [5.74, 6) is 1.55. The normalized spacial score (nSPS) is 15.3. The molecule has 0 atom stereocenters. The molecule has 106 valence electrons. The van der Waals surface area contributed by atoms with Gasteiger partial charge >= 0.3 is 0 Å². The van der Waals surface area contributed by atoms with Crippen molar-refractivity contribution in [3.05, 3.63) is 52.5 Å². The lowest BCUT2D eigenvalue weighted by atomic mass is 9.99. The first-order valence-electron chi connectivity index (χ1n) is 7.04. The number of aromatic amines is 1. The number of para-hydroxylation sites is 2. The number of hydrogen-bond acceptors (Lipinski definition) is 3. The molecule has 5 heteroatoms. The molecule has 1 N–H and O–H groups in total. The van der Waals surface area contributed by atoms with Crippen molar-refractivity contribution in [2.24, 2.45) is 0 Å². The highest BCUT2D eigenvalue weighted by molar-refractivity contribution is 7.10. The average molecular weight is 297 g/mol. The molecule has 0 unspecified atom stereocenters. The van der Waals surface area contributed by atoms with Crippen molar-refractivity contribution in [2.45, 2.75) is 12.3 Å². The van der Waals surface area contributed by atoms with E-state index in [4.69, 9.17) is 0 Å². The highest BCUT2D eigenvalue weighted by atomic mass is 32.1. The van der Waals surface area contributed by atoms with Crippen LogP contribution in [0.1, 0.15) is 16.6 Å². The quantitative estimate of drug-likeness (QED) is 0.808. The van der Waals surface area contributed by atoms with Gasteiger partial charge < -0.3 is 9.88 Å². The lowest BCUT2D eigenvalue weighted by Gasteiger charge is -2.38. The van der Waals surface area contributed by atoms with E-state index in [9.17, 15) is 4.79 Å². The van der Waals surface area contributed by atoms with E-state index in [0.717, 1.165) is 34.8 Å². The number of carbonyl (C=O) groups excluding carboxylic acids is 1. The fourth-order valence-electron chi connectivity index (χ4n) is 2.70. The molecule has 2 aromatic heterocycles. The summed E-state index contributed by atoms with van der Waals surface area (Å²) in [5, 5.41) is 2.01. The number of amides is 1. The van der Waals surface area contributed by atoms with E-state index in [1.54, 1.807) is 11.3 Å². The molecule has 0 spiro atoms. The summed E-state index contributed by atoms with van der Waals surface area (Å²) in [7, 11) is 0. The van der Waals surface area contributed by atoms with Crippen LogP contribution in [0.25, 0.3) is 11.0 Å². The van der Waals surface area contributed by atoms with E-state index in [1.165, 1.54) is 0 Å². The SMILES string of the molecule is O=C(Cc1cccs1)N1CC(c2nc3ccccc3[nH]2)C1. The number of rotatable bonds is 3. The Balaban J connectivity index is 1.41.